The van der Waals surface area contributed by atoms with Crippen LogP contribution in [0.3, 0.4) is 0 Å². The summed E-state index contributed by atoms with van der Waals surface area (Å²) in [6.07, 6.45) is 1.13. The number of amides is 2. The van der Waals surface area contributed by atoms with Gasteiger partial charge in [-0.2, -0.15) is 11.3 Å². The van der Waals surface area contributed by atoms with E-state index in [1.807, 2.05) is 5.38 Å². The van der Waals surface area contributed by atoms with Gasteiger partial charge >= 0.3 is 0 Å². The van der Waals surface area contributed by atoms with Gasteiger partial charge in [-0.05, 0) is 23.8 Å². The number of carbonyl (C=O) groups excluding carboxylic acids is 2. The molecule has 1 aromatic rings. The van der Waals surface area contributed by atoms with Crippen LogP contribution in [0.5, 0.6) is 0 Å². The standard InChI is InChI=1S/C14H23N3O2S.ClH/c1-10(2)7-12(8-15)17-13(18)3-5-16-14(19)11-4-6-20-9-11;/h4,6,9-10,12H,3,5,7-8,15H2,1-2H3,(H,16,19)(H,17,18);1H. The summed E-state index contributed by atoms with van der Waals surface area (Å²) in [5.74, 6) is 0.269. The molecule has 1 unspecified atom stereocenters. The van der Waals surface area contributed by atoms with Gasteiger partial charge in [0.1, 0.15) is 0 Å². The maximum Gasteiger partial charge on any atom is 0.252 e. The molecule has 0 aliphatic rings. The predicted octanol–water partition coefficient (Wildman–Crippen LogP) is 1.78. The van der Waals surface area contributed by atoms with Crippen molar-refractivity contribution in [3.8, 4) is 0 Å². The Morgan fingerprint density at radius 3 is 2.62 bits per heavy atom. The first-order chi connectivity index (χ1) is 9.52. The fraction of sp³-hybridized carbons (Fsp3) is 0.571. The first kappa shape index (κ1) is 19.9. The van der Waals surface area contributed by atoms with Gasteiger partial charge in [0.25, 0.3) is 5.91 Å². The summed E-state index contributed by atoms with van der Waals surface area (Å²) in [6.45, 7) is 4.95. The molecule has 0 saturated carbocycles. The van der Waals surface area contributed by atoms with Crippen LogP contribution >= 0.6 is 23.7 Å². The smallest absolute Gasteiger partial charge is 0.252 e. The van der Waals surface area contributed by atoms with Gasteiger partial charge in [-0.3, -0.25) is 9.59 Å². The number of carbonyl (C=O) groups is 2. The average molecular weight is 334 g/mol. The van der Waals surface area contributed by atoms with E-state index in [0.717, 1.165) is 6.42 Å². The van der Waals surface area contributed by atoms with Crippen LogP contribution in [0.4, 0.5) is 0 Å². The third kappa shape index (κ3) is 8.04. The van der Waals surface area contributed by atoms with Crippen molar-refractivity contribution >= 4 is 35.6 Å². The monoisotopic (exact) mass is 333 g/mol. The Morgan fingerprint density at radius 1 is 1.38 bits per heavy atom. The van der Waals surface area contributed by atoms with E-state index in [0.29, 0.717) is 24.6 Å². The van der Waals surface area contributed by atoms with Crippen molar-refractivity contribution in [3.63, 3.8) is 0 Å². The van der Waals surface area contributed by atoms with Gasteiger partial charge in [-0.1, -0.05) is 13.8 Å². The van der Waals surface area contributed by atoms with Crippen LogP contribution in [0.1, 0.15) is 37.0 Å². The van der Waals surface area contributed by atoms with Crippen LogP contribution < -0.4 is 16.4 Å². The minimum atomic E-state index is -0.142. The van der Waals surface area contributed by atoms with Gasteiger partial charge in [0.2, 0.25) is 5.91 Å². The molecule has 4 N–H and O–H groups in total. The molecule has 1 aromatic heterocycles. The van der Waals surface area contributed by atoms with Gasteiger partial charge in [0.05, 0.1) is 0 Å². The summed E-state index contributed by atoms with van der Waals surface area (Å²) < 4.78 is 0. The second-order valence-electron chi connectivity index (χ2n) is 5.15. The van der Waals surface area contributed by atoms with Gasteiger partial charge in [0.15, 0.2) is 0 Å². The molecule has 0 aromatic carbocycles. The molecule has 0 aliphatic heterocycles. The van der Waals surface area contributed by atoms with Crippen molar-refractivity contribution in [1.29, 1.82) is 0 Å². The SMILES string of the molecule is CC(C)CC(CN)NC(=O)CCNC(=O)c1ccsc1.Cl. The van der Waals surface area contributed by atoms with Gasteiger partial charge < -0.3 is 16.4 Å². The van der Waals surface area contributed by atoms with Crippen molar-refractivity contribution in [2.75, 3.05) is 13.1 Å². The molecule has 1 atom stereocenters. The van der Waals surface area contributed by atoms with E-state index in [2.05, 4.69) is 24.5 Å². The fourth-order valence-electron chi connectivity index (χ4n) is 1.87. The van der Waals surface area contributed by atoms with Crippen LogP contribution in [-0.4, -0.2) is 30.9 Å². The van der Waals surface area contributed by atoms with Crippen LogP contribution in [-0.2, 0) is 4.79 Å². The molecule has 0 bridgehead atoms. The minimum absolute atomic E-state index is 0. The highest BCUT2D eigenvalue weighted by atomic mass is 35.5. The second-order valence-corrected chi connectivity index (χ2v) is 5.93. The number of hydrogen-bond acceptors (Lipinski definition) is 4. The van der Waals surface area contributed by atoms with E-state index < -0.39 is 0 Å². The summed E-state index contributed by atoms with van der Waals surface area (Å²) in [4.78, 5) is 23.4. The normalized spacial score (nSPS) is 11.6. The third-order valence-electron chi connectivity index (χ3n) is 2.83. The molecular formula is C14H24ClN3O2S. The molecule has 7 heteroatoms. The Balaban J connectivity index is 0.00000400. The van der Waals surface area contributed by atoms with Gasteiger partial charge in [0, 0.05) is 36.5 Å². The first-order valence-corrected chi connectivity index (χ1v) is 7.77. The van der Waals surface area contributed by atoms with E-state index in [1.54, 1.807) is 11.4 Å². The Labute approximate surface area is 136 Å². The predicted molar refractivity (Wildman–Crippen MR) is 89.0 cm³/mol. The Bertz CT molecular complexity index is 424. The molecule has 120 valence electrons. The number of thiophene rings is 1. The number of halogens is 1. The number of rotatable bonds is 8. The van der Waals surface area contributed by atoms with Crippen molar-refractivity contribution < 1.29 is 9.59 Å². The van der Waals surface area contributed by atoms with Crippen molar-refractivity contribution in [2.45, 2.75) is 32.7 Å². The van der Waals surface area contributed by atoms with E-state index in [9.17, 15) is 9.59 Å². The summed E-state index contributed by atoms with van der Waals surface area (Å²) >= 11 is 1.47. The molecule has 0 aliphatic carbocycles. The zero-order valence-electron chi connectivity index (χ0n) is 12.4. The van der Waals surface area contributed by atoms with E-state index in [-0.39, 0.29) is 36.7 Å². The highest BCUT2D eigenvalue weighted by molar-refractivity contribution is 7.08. The number of nitrogens with one attached hydrogen (secondary N) is 2. The van der Waals surface area contributed by atoms with Gasteiger partial charge in [-0.15, -0.1) is 12.4 Å². The highest BCUT2D eigenvalue weighted by Gasteiger charge is 2.12. The molecule has 1 heterocycles. The fourth-order valence-corrected chi connectivity index (χ4v) is 2.50. The van der Waals surface area contributed by atoms with Crippen molar-refractivity contribution in [2.24, 2.45) is 11.7 Å². The topological polar surface area (TPSA) is 84.2 Å². The Kier molecular flexibility index (Phi) is 10.0. The highest BCUT2D eigenvalue weighted by Crippen LogP contribution is 2.05. The lowest BCUT2D eigenvalue weighted by Gasteiger charge is -2.18. The van der Waals surface area contributed by atoms with E-state index >= 15 is 0 Å². The van der Waals surface area contributed by atoms with Crippen LogP contribution in [0.25, 0.3) is 0 Å². The number of nitrogens with two attached hydrogens (primary N) is 1. The molecule has 0 fully saturated rings. The average Bonchev–Trinajstić information content (AvgIpc) is 2.91. The van der Waals surface area contributed by atoms with E-state index in [4.69, 9.17) is 5.73 Å². The second kappa shape index (κ2) is 10.6. The molecule has 1 rings (SSSR count). The molecule has 5 nitrogen and oxygen atoms in total. The largest absolute Gasteiger partial charge is 0.352 e. The zero-order valence-corrected chi connectivity index (χ0v) is 14.1. The maximum atomic E-state index is 11.7. The van der Waals surface area contributed by atoms with Gasteiger partial charge in [-0.25, -0.2) is 0 Å². The summed E-state index contributed by atoms with van der Waals surface area (Å²) in [5.41, 5.74) is 6.26. The summed E-state index contributed by atoms with van der Waals surface area (Å²) in [7, 11) is 0. The van der Waals surface area contributed by atoms with Crippen molar-refractivity contribution in [1.82, 2.24) is 10.6 Å². The van der Waals surface area contributed by atoms with Crippen LogP contribution in [0.2, 0.25) is 0 Å². The molecule has 0 radical (unpaired) electrons. The van der Waals surface area contributed by atoms with E-state index in [1.165, 1.54) is 11.3 Å². The first-order valence-electron chi connectivity index (χ1n) is 6.82. The Morgan fingerprint density at radius 2 is 2.10 bits per heavy atom. The number of hydrogen-bond donors (Lipinski definition) is 3. The summed E-state index contributed by atoms with van der Waals surface area (Å²) in [6, 6.07) is 1.77. The van der Waals surface area contributed by atoms with Crippen LogP contribution in [0.15, 0.2) is 16.8 Å². The molecular weight excluding hydrogens is 310 g/mol. The quantitative estimate of drug-likeness (QED) is 0.678. The third-order valence-corrected chi connectivity index (χ3v) is 3.51. The molecule has 2 amide bonds. The minimum Gasteiger partial charge on any atom is -0.352 e. The molecule has 21 heavy (non-hydrogen) atoms. The summed E-state index contributed by atoms with van der Waals surface area (Å²) in [5, 5.41) is 9.24. The zero-order chi connectivity index (χ0) is 15.0. The molecule has 0 spiro atoms. The Hall–Kier alpha value is -1.11. The lowest BCUT2D eigenvalue weighted by molar-refractivity contribution is -0.121. The maximum absolute atomic E-state index is 11.7. The molecule has 0 saturated heterocycles. The lowest BCUT2D eigenvalue weighted by Crippen LogP contribution is -2.42. The van der Waals surface area contributed by atoms with Crippen molar-refractivity contribution in [3.05, 3.63) is 22.4 Å². The lowest BCUT2D eigenvalue weighted by atomic mass is 10.0. The van der Waals surface area contributed by atoms with Crippen LogP contribution in [0, 0.1) is 5.92 Å².